The summed E-state index contributed by atoms with van der Waals surface area (Å²) < 4.78 is 21.5. The van der Waals surface area contributed by atoms with Crippen molar-refractivity contribution in [3.8, 4) is 0 Å². The molecule has 4 rings (SSSR count). The molecule has 3 aliphatic rings. The van der Waals surface area contributed by atoms with Gasteiger partial charge in [0.1, 0.15) is 12.2 Å². The molecular formula is C22H28O7. The monoisotopic (exact) mass is 404 g/mol. The van der Waals surface area contributed by atoms with Gasteiger partial charge in [0.15, 0.2) is 5.78 Å². The Kier molecular flexibility index (Phi) is 4.84. The molecule has 0 spiro atoms. The molecule has 158 valence electrons. The lowest BCUT2D eigenvalue weighted by molar-refractivity contribution is -0.208. The summed E-state index contributed by atoms with van der Waals surface area (Å²) in [5.74, 6) is -1.97. The predicted octanol–water partition coefficient (Wildman–Crippen LogP) is 3.08. The second-order valence-corrected chi connectivity index (χ2v) is 9.16. The van der Waals surface area contributed by atoms with Gasteiger partial charge in [-0.2, -0.15) is 0 Å². The van der Waals surface area contributed by atoms with Crippen LogP contribution < -0.4 is 0 Å². The fourth-order valence-corrected chi connectivity index (χ4v) is 6.37. The van der Waals surface area contributed by atoms with Gasteiger partial charge in [-0.15, -0.1) is 0 Å². The van der Waals surface area contributed by atoms with E-state index in [4.69, 9.17) is 18.6 Å². The van der Waals surface area contributed by atoms with E-state index < -0.39 is 34.9 Å². The molecule has 1 aromatic rings. The molecular weight excluding hydrogens is 376 g/mol. The Morgan fingerprint density at radius 2 is 1.97 bits per heavy atom. The number of furan rings is 1. The Morgan fingerprint density at radius 1 is 1.21 bits per heavy atom. The van der Waals surface area contributed by atoms with Crippen molar-refractivity contribution < 1.29 is 33.0 Å². The van der Waals surface area contributed by atoms with Crippen molar-refractivity contribution >= 4 is 17.7 Å². The van der Waals surface area contributed by atoms with E-state index >= 15 is 0 Å². The van der Waals surface area contributed by atoms with Gasteiger partial charge >= 0.3 is 11.9 Å². The maximum Gasteiger partial charge on any atom is 0.310 e. The zero-order chi connectivity index (χ0) is 21.0. The van der Waals surface area contributed by atoms with E-state index in [1.54, 1.807) is 18.6 Å². The smallest absolute Gasteiger partial charge is 0.310 e. The SMILES string of the molecule is COC(=O)[C@@H]1C[C@H](OC)C(=O)C2[C@@]1(C)CC[C@H]1C(=O)O[C@H](c3ccoc3)C[C@]21C. The molecule has 1 aromatic heterocycles. The van der Waals surface area contributed by atoms with Crippen LogP contribution in [0.5, 0.6) is 0 Å². The second kappa shape index (κ2) is 6.97. The quantitative estimate of drug-likeness (QED) is 0.715. The molecule has 2 heterocycles. The van der Waals surface area contributed by atoms with Crippen molar-refractivity contribution in [2.45, 2.75) is 51.7 Å². The number of esters is 2. The summed E-state index contributed by atoms with van der Waals surface area (Å²) in [5, 5.41) is 0. The zero-order valence-electron chi connectivity index (χ0n) is 17.3. The fourth-order valence-electron chi connectivity index (χ4n) is 6.37. The van der Waals surface area contributed by atoms with Crippen LogP contribution in [0.2, 0.25) is 0 Å². The molecule has 1 saturated heterocycles. The van der Waals surface area contributed by atoms with E-state index in [1.807, 2.05) is 13.8 Å². The molecule has 7 heteroatoms. The Bertz CT molecular complexity index is 815. The minimum Gasteiger partial charge on any atom is -0.472 e. The van der Waals surface area contributed by atoms with Crippen LogP contribution in [0.1, 0.15) is 51.2 Å². The lowest BCUT2D eigenvalue weighted by Gasteiger charge is -2.61. The number of rotatable bonds is 3. The number of carbonyl (C=O) groups excluding carboxylic acids is 3. The number of ether oxygens (including phenoxy) is 3. The normalized spacial score (nSPS) is 41.9. The maximum absolute atomic E-state index is 13.6. The number of cyclic esters (lactones) is 1. The molecule has 0 bridgehead atoms. The van der Waals surface area contributed by atoms with E-state index in [2.05, 4.69) is 0 Å². The van der Waals surface area contributed by atoms with Crippen LogP contribution in [-0.4, -0.2) is 38.0 Å². The predicted molar refractivity (Wildman–Crippen MR) is 101 cm³/mol. The highest BCUT2D eigenvalue weighted by atomic mass is 16.5. The van der Waals surface area contributed by atoms with Gasteiger partial charge in [-0.3, -0.25) is 14.4 Å². The Hall–Kier alpha value is -2.15. The van der Waals surface area contributed by atoms with E-state index in [9.17, 15) is 14.4 Å². The van der Waals surface area contributed by atoms with Gasteiger partial charge in [-0.1, -0.05) is 13.8 Å². The summed E-state index contributed by atoms with van der Waals surface area (Å²) >= 11 is 0. The highest BCUT2D eigenvalue weighted by Crippen LogP contribution is 2.65. The molecule has 1 aliphatic heterocycles. The number of hydrogen-bond donors (Lipinski definition) is 0. The Labute approximate surface area is 170 Å². The van der Waals surface area contributed by atoms with Crippen molar-refractivity contribution in [2.75, 3.05) is 14.2 Å². The molecule has 2 saturated carbocycles. The topological polar surface area (TPSA) is 92.0 Å². The van der Waals surface area contributed by atoms with Crippen LogP contribution in [0.15, 0.2) is 23.0 Å². The first-order valence-corrected chi connectivity index (χ1v) is 10.1. The number of fused-ring (bicyclic) bond motifs is 3. The standard InChI is InChI=1S/C22H28O7/c1-21-7-5-13-20(25)29-16(12-6-8-28-11-12)10-22(13,2)18(21)17(23)15(26-3)9-14(21)19(24)27-4/h6,8,11,13-16,18H,5,7,9-10H2,1-4H3/t13-,14-,15-,16-,18?,21-,22-/m0/s1. The summed E-state index contributed by atoms with van der Waals surface area (Å²) in [6.45, 7) is 3.99. The summed E-state index contributed by atoms with van der Waals surface area (Å²) in [6.07, 6.45) is 3.94. The van der Waals surface area contributed by atoms with Gasteiger partial charge in [0.05, 0.1) is 31.5 Å². The average Bonchev–Trinajstić information content (AvgIpc) is 3.21. The van der Waals surface area contributed by atoms with Crippen LogP contribution in [0.3, 0.4) is 0 Å². The highest BCUT2D eigenvalue weighted by Gasteiger charge is 2.67. The minimum atomic E-state index is -0.682. The summed E-state index contributed by atoms with van der Waals surface area (Å²) in [5.41, 5.74) is -0.463. The van der Waals surface area contributed by atoms with E-state index in [0.29, 0.717) is 25.7 Å². The van der Waals surface area contributed by atoms with E-state index in [1.165, 1.54) is 14.2 Å². The van der Waals surface area contributed by atoms with Crippen molar-refractivity contribution in [3.63, 3.8) is 0 Å². The summed E-state index contributed by atoms with van der Waals surface area (Å²) in [6, 6.07) is 1.78. The largest absolute Gasteiger partial charge is 0.472 e. The first-order chi connectivity index (χ1) is 13.8. The van der Waals surface area contributed by atoms with Crippen molar-refractivity contribution in [3.05, 3.63) is 24.2 Å². The molecule has 2 aliphatic carbocycles. The lowest BCUT2D eigenvalue weighted by atomic mass is 9.43. The average molecular weight is 404 g/mol. The first kappa shape index (κ1) is 20.1. The molecule has 7 atom stereocenters. The van der Waals surface area contributed by atoms with Gasteiger partial charge in [0.25, 0.3) is 0 Å². The van der Waals surface area contributed by atoms with E-state index in [-0.39, 0.29) is 23.6 Å². The fraction of sp³-hybridized carbons (Fsp3) is 0.682. The molecule has 29 heavy (non-hydrogen) atoms. The van der Waals surface area contributed by atoms with Crippen molar-refractivity contribution in [2.24, 2.45) is 28.6 Å². The molecule has 0 radical (unpaired) electrons. The van der Waals surface area contributed by atoms with Crippen LogP contribution in [0, 0.1) is 28.6 Å². The minimum absolute atomic E-state index is 0.0250. The Balaban J connectivity index is 1.79. The van der Waals surface area contributed by atoms with Crippen LogP contribution in [0.25, 0.3) is 0 Å². The zero-order valence-corrected chi connectivity index (χ0v) is 17.3. The third-order valence-corrected chi connectivity index (χ3v) is 7.79. The van der Waals surface area contributed by atoms with Crippen molar-refractivity contribution in [1.82, 2.24) is 0 Å². The number of Topliss-reactive ketones (excluding diaryl/α,β-unsaturated/α-hetero) is 1. The molecule has 0 aromatic carbocycles. The molecule has 1 unspecified atom stereocenters. The summed E-state index contributed by atoms with van der Waals surface area (Å²) in [4.78, 5) is 39.2. The van der Waals surface area contributed by atoms with Crippen LogP contribution >= 0.6 is 0 Å². The van der Waals surface area contributed by atoms with Crippen LogP contribution in [-0.2, 0) is 28.6 Å². The number of carbonyl (C=O) groups is 3. The van der Waals surface area contributed by atoms with Crippen molar-refractivity contribution in [1.29, 1.82) is 0 Å². The van der Waals surface area contributed by atoms with E-state index in [0.717, 1.165) is 5.56 Å². The number of ketones is 1. The Morgan fingerprint density at radius 3 is 2.59 bits per heavy atom. The molecule has 3 fully saturated rings. The molecule has 0 amide bonds. The highest BCUT2D eigenvalue weighted by molar-refractivity contribution is 5.92. The lowest BCUT2D eigenvalue weighted by Crippen LogP contribution is -2.64. The summed E-state index contributed by atoms with van der Waals surface area (Å²) in [7, 11) is 2.87. The van der Waals surface area contributed by atoms with Gasteiger partial charge in [0, 0.05) is 18.6 Å². The number of methoxy groups -OCH3 is 2. The third kappa shape index (κ3) is 2.85. The molecule has 0 N–H and O–H groups in total. The van der Waals surface area contributed by atoms with Gasteiger partial charge in [-0.25, -0.2) is 0 Å². The second-order valence-electron chi connectivity index (χ2n) is 9.16. The maximum atomic E-state index is 13.6. The number of hydrogen-bond acceptors (Lipinski definition) is 7. The van der Waals surface area contributed by atoms with Gasteiger partial charge < -0.3 is 18.6 Å². The third-order valence-electron chi connectivity index (χ3n) is 7.79. The van der Waals surface area contributed by atoms with Gasteiger partial charge in [-0.05, 0) is 42.6 Å². The first-order valence-electron chi connectivity index (χ1n) is 10.1. The molecule has 7 nitrogen and oxygen atoms in total. The van der Waals surface area contributed by atoms with Crippen LogP contribution in [0.4, 0.5) is 0 Å². The van der Waals surface area contributed by atoms with Gasteiger partial charge in [0.2, 0.25) is 0 Å².